The highest BCUT2D eigenvalue weighted by Crippen LogP contribution is 2.31. The molecule has 1 aromatic rings. The Morgan fingerprint density at radius 1 is 1.23 bits per heavy atom. The largest absolute Gasteiger partial charge is 0.465 e. The van der Waals surface area contributed by atoms with E-state index < -0.39 is 18.0 Å². The fraction of sp³-hybridized carbons (Fsp3) is 0.429. The van der Waals surface area contributed by atoms with Crippen LogP contribution in [0.4, 0.5) is 0 Å². The molecule has 2 fully saturated rings. The normalized spacial score (nSPS) is 24.0. The third-order valence-electron chi connectivity index (χ3n) is 3.27. The zero-order valence-electron chi connectivity index (χ0n) is 11.5. The second kappa shape index (κ2) is 6.35. The molecule has 0 aromatic carbocycles. The van der Waals surface area contributed by atoms with Crippen LogP contribution in [0.5, 0.6) is 0 Å². The molecule has 2 aliphatic heterocycles. The lowest BCUT2D eigenvalue weighted by molar-refractivity contribution is -0.145. The highest BCUT2D eigenvalue weighted by molar-refractivity contribution is 8.00. The zero-order valence-corrected chi connectivity index (χ0v) is 12.3. The Labute approximate surface area is 130 Å². The summed E-state index contributed by atoms with van der Waals surface area (Å²) in [7, 11) is 0. The average Bonchev–Trinajstić information content (AvgIpc) is 3.09. The maximum Gasteiger partial charge on any atom is 0.347 e. The fourth-order valence-corrected chi connectivity index (χ4v) is 3.18. The number of pyridine rings is 1. The molecule has 8 heteroatoms. The van der Waals surface area contributed by atoms with Gasteiger partial charge in [-0.05, 0) is 12.1 Å². The predicted octanol–water partition coefficient (Wildman–Crippen LogP) is 0.962. The molecule has 2 aliphatic rings. The smallest absolute Gasteiger partial charge is 0.347 e. The van der Waals surface area contributed by atoms with Crippen LogP contribution >= 0.6 is 11.8 Å². The monoisotopic (exact) mass is 323 g/mol. The second-order valence-electron chi connectivity index (χ2n) is 4.77. The summed E-state index contributed by atoms with van der Waals surface area (Å²) >= 11 is 1.17. The summed E-state index contributed by atoms with van der Waals surface area (Å²) in [5, 5.41) is 0.0145. The van der Waals surface area contributed by atoms with Gasteiger partial charge in [-0.15, -0.1) is 0 Å². The maximum atomic E-state index is 12.2. The molecule has 0 saturated carbocycles. The molecule has 3 heterocycles. The van der Waals surface area contributed by atoms with Crippen molar-refractivity contribution in [3.8, 4) is 0 Å². The minimum absolute atomic E-state index is 0.229. The first-order valence-corrected chi connectivity index (χ1v) is 7.69. The van der Waals surface area contributed by atoms with Gasteiger partial charge in [0.2, 0.25) is 6.10 Å². The number of cyclic esters (lactones) is 2. The molecule has 3 rings (SSSR count). The number of hydrogen-bond donors (Lipinski definition) is 0. The first-order valence-electron chi connectivity index (χ1n) is 6.81. The van der Waals surface area contributed by atoms with Crippen LogP contribution < -0.4 is 0 Å². The van der Waals surface area contributed by atoms with Crippen LogP contribution in [0.2, 0.25) is 0 Å². The minimum Gasteiger partial charge on any atom is -0.465 e. The van der Waals surface area contributed by atoms with E-state index in [9.17, 15) is 14.4 Å². The van der Waals surface area contributed by atoms with Crippen molar-refractivity contribution in [1.82, 2.24) is 4.98 Å². The van der Waals surface area contributed by atoms with E-state index in [1.807, 2.05) is 0 Å². The van der Waals surface area contributed by atoms with Crippen LogP contribution in [0.25, 0.3) is 0 Å². The van der Waals surface area contributed by atoms with Crippen LogP contribution in [-0.4, -0.2) is 47.5 Å². The third-order valence-corrected chi connectivity index (χ3v) is 4.53. The van der Waals surface area contributed by atoms with E-state index in [-0.39, 0.29) is 23.4 Å². The van der Waals surface area contributed by atoms with E-state index in [2.05, 4.69) is 4.98 Å². The van der Waals surface area contributed by atoms with Crippen molar-refractivity contribution < 1.29 is 28.6 Å². The zero-order chi connectivity index (χ0) is 15.5. The highest BCUT2D eigenvalue weighted by atomic mass is 32.2. The van der Waals surface area contributed by atoms with E-state index in [1.54, 1.807) is 12.1 Å². The third kappa shape index (κ3) is 3.06. The van der Waals surface area contributed by atoms with Crippen molar-refractivity contribution in [2.24, 2.45) is 0 Å². The SMILES string of the molecule is O=C(O[C@H]1CCOC1=O)c1cccnc1S[C@H]1CCOC1=O. The number of ether oxygens (including phenoxy) is 3. The Hall–Kier alpha value is -2.09. The van der Waals surface area contributed by atoms with Crippen LogP contribution in [0, 0.1) is 0 Å². The number of aromatic nitrogens is 1. The van der Waals surface area contributed by atoms with E-state index in [1.165, 1.54) is 18.0 Å². The van der Waals surface area contributed by atoms with Crippen molar-refractivity contribution >= 4 is 29.7 Å². The Bertz CT molecular complexity index is 619. The van der Waals surface area contributed by atoms with Gasteiger partial charge in [0.05, 0.1) is 18.8 Å². The Morgan fingerprint density at radius 3 is 2.68 bits per heavy atom. The molecule has 0 amide bonds. The Kier molecular flexibility index (Phi) is 4.28. The fourth-order valence-electron chi connectivity index (χ4n) is 2.14. The Morgan fingerprint density at radius 2 is 2.00 bits per heavy atom. The molecule has 7 nitrogen and oxygen atoms in total. The van der Waals surface area contributed by atoms with Gasteiger partial charge < -0.3 is 14.2 Å². The predicted molar refractivity (Wildman–Crippen MR) is 74.2 cm³/mol. The van der Waals surface area contributed by atoms with Crippen LogP contribution in [0.15, 0.2) is 23.4 Å². The summed E-state index contributed by atoms with van der Waals surface area (Å²) in [5.74, 6) is -1.49. The molecule has 0 N–H and O–H groups in total. The lowest BCUT2D eigenvalue weighted by Crippen LogP contribution is -2.23. The van der Waals surface area contributed by atoms with Crippen molar-refractivity contribution in [3.63, 3.8) is 0 Å². The van der Waals surface area contributed by atoms with Gasteiger partial charge in [-0.2, -0.15) is 0 Å². The van der Waals surface area contributed by atoms with Gasteiger partial charge >= 0.3 is 17.9 Å². The van der Waals surface area contributed by atoms with Gasteiger partial charge in [0.1, 0.15) is 10.3 Å². The molecular formula is C14H13NO6S. The van der Waals surface area contributed by atoms with Crippen molar-refractivity contribution in [1.29, 1.82) is 0 Å². The first kappa shape index (κ1) is 14.8. The number of nitrogens with zero attached hydrogens (tertiary/aromatic N) is 1. The molecule has 0 aliphatic carbocycles. The summed E-state index contributed by atoms with van der Waals surface area (Å²) < 4.78 is 14.8. The van der Waals surface area contributed by atoms with E-state index in [4.69, 9.17) is 14.2 Å². The van der Waals surface area contributed by atoms with Crippen molar-refractivity contribution in [2.75, 3.05) is 13.2 Å². The lowest BCUT2D eigenvalue weighted by atomic mass is 10.2. The van der Waals surface area contributed by atoms with Gasteiger partial charge in [-0.3, -0.25) is 4.79 Å². The number of carbonyl (C=O) groups is 3. The van der Waals surface area contributed by atoms with E-state index in [0.29, 0.717) is 24.5 Å². The molecule has 0 spiro atoms. The van der Waals surface area contributed by atoms with Crippen LogP contribution in [0.3, 0.4) is 0 Å². The number of hydrogen-bond acceptors (Lipinski definition) is 8. The van der Waals surface area contributed by atoms with Crippen molar-refractivity contribution in [3.05, 3.63) is 23.9 Å². The molecule has 2 atom stereocenters. The summed E-state index contributed by atoms with van der Waals surface area (Å²) in [4.78, 5) is 39.3. The molecule has 22 heavy (non-hydrogen) atoms. The number of rotatable bonds is 4. The quantitative estimate of drug-likeness (QED) is 0.598. The number of esters is 3. The van der Waals surface area contributed by atoms with E-state index >= 15 is 0 Å². The lowest BCUT2D eigenvalue weighted by Gasteiger charge is -2.11. The van der Waals surface area contributed by atoms with Gasteiger partial charge in [-0.25, -0.2) is 14.6 Å². The summed E-state index contributed by atoms with van der Waals surface area (Å²) in [6.07, 6.45) is 1.58. The minimum atomic E-state index is -0.873. The Balaban J connectivity index is 1.74. The molecule has 0 unspecified atom stereocenters. The molecule has 0 radical (unpaired) electrons. The molecule has 116 valence electrons. The van der Waals surface area contributed by atoms with Gasteiger partial charge in [0.15, 0.2) is 0 Å². The standard InChI is InChI=1S/C14H13NO6S/c16-12(21-9-3-6-19-13(9)17)8-2-1-5-15-11(8)22-10-4-7-20-14(10)18/h1-2,5,9-10H,3-4,6-7H2/t9-,10-/m0/s1. The first-order chi connectivity index (χ1) is 10.6. The van der Waals surface area contributed by atoms with Gasteiger partial charge in [0.25, 0.3) is 0 Å². The summed E-state index contributed by atoms with van der Waals surface area (Å²) in [6, 6.07) is 3.15. The number of thioether (sulfide) groups is 1. The second-order valence-corrected chi connectivity index (χ2v) is 5.96. The average molecular weight is 323 g/mol. The van der Waals surface area contributed by atoms with Gasteiger partial charge in [-0.1, -0.05) is 11.8 Å². The van der Waals surface area contributed by atoms with Crippen molar-refractivity contribution in [2.45, 2.75) is 29.2 Å². The molecule has 1 aromatic heterocycles. The molecule has 2 saturated heterocycles. The maximum absolute atomic E-state index is 12.2. The summed E-state index contributed by atoms with van der Waals surface area (Å²) in [5.41, 5.74) is 0.229. The van der Waals surface area contributed by atoms with Crippen LogP contribution in [0.1, 0.15) is 23.2 Å². The molecule has 0 bridgehead atoms. The van der Waals surface area contributed by atoms with Gasteiger partial charge in [0, 0.05) is 19.0 Å². The van der Waals surface area contributed by atoms with E-state index in [0.717, 1.165) is 0 Å². The number of carbonyl (C=O) groups excluding carboxylic acids is 3. The summed E-state index contributed by atoms with van der Waals surface area (Å²) in [6.45, 7) is 0.621. The highest BCUT2D eigenvalue weighted by Gasteiger charge is 2.33. The topological polar surface area (TPSA) is 91.8 Å². The van der Waals surface area contributed by atoms with Crippen LogP contribution in [-0.2, 0) is 23.8 Å². The molecular weight excluding hydrogens is 310 g/mol.